The molecule has 11 aromatic rings. The average molecular weight is 801 g/mol. The number of hydrogen-bond acceptors (Lipinski definition) is 9. The summed E-state index contributed by atoms with van der Waals surface area (Å²) in [5, 5.41) is 2.38. The lowest BCUT2D eigenvalue weighted by Gasteiger charge is -2.09. The Morgan fingerprint density at radius 2 is 0.590 bits per heavy atom. The first kappa shape index (κ1) is 36.0. The van der Waals surface area contributed by atoms with E-state index >= 15 is 0 Å². The summed E-state index contributed by atoms with van der Waals surface area (Å²) in [7, 11) is 0. The third kappa shape index (κ3) is 6.98. The Kier molecular flexibility index (Phi) is 9.18. The van der Waals surface area contributed by atoms with Crippen LogP contribution in [0, 0.1) is 0 Å². The Morgan fingerprint density at radius 3 is 0.902 bits per heavy atom. The minimum absolute atomic E-state index is 0.521. The first-order valence-electron chi connectivity index (χ1n) is 19.8. The molecule has 0 fully saturated rings. The predicted molar refractivity (Wildman–Crippen MR) is 245 cm³/mol. The van der Waals surface area contributed by atoms with E-state index in [0.29, 0.717) is 46.3 Å². The van der Waals surface area contributed by atoms with E-state index in [-0.39, 0.29) is 0 Å². The van der Waals surface area contributed by atoms with Gasteiger partial charge in [0.1, 0.15) is 11.4 Å². The van der Waals surface area contributed by atoms with Crippen LogP contribution in [-0.4, -0.2) is 39.9 Å². The monoisotopic (exact) mass is 800 g/mol. The van der Waals surface area contributed by atoms with Crippen LogP contribution in [0.2, 0.25) is 0 Å². The maximum Gasteiger partial charge on any atom is 0.182 e. The lowest BCUT2D eigenvalue weighted by Crippen LogP contribution is -2.01. The van der Waals surface area contributed by atoms with Crippen LogP contribution in [0.25, 0.3) is 111 Å². The molecule has 0 bridgehead atoms. The highest BCUT2D eigenvalue weighted by atomic mass is 32.1. The van der Waals surface area contributed by atoms with Gasteiger partial charge >= 0.3 is 0 Å². The van der Waals surface area contributed by atoms with Crippen LogP contribution >= 0.6 is 11.3 Å². The van der Waals surface area contributed by atoms with Crippen LogP contribution < -0.4 is 0 Å². The van der Waals surface area contributed by atoms with E-state index < -0.39 is 0 Å². The first-order valence-corrected chi connectivity index (χ1v) is 20.7. The molecule has 11 rings (SSSR count). The molecule has 0 radical (unpaired) electrons. The molecule has 0 spiro atoms. The molecule has 5 aromatic heterocycles. The Hall–Kier alpha value is -8.14. The van der Waals surface area contributed by atoms with Gasteiger partial charge in [-0.1, -0.05) is 170 Å². The number of rotatable bonds is 8. The van der Waals surface area contributed by atoms with Crippen molar-refractivity contribution in [3.8, 4) is 90.8 Å². The van der Waals surface area contributed by atoms with Crippen molar-refractivity contribution in [2.75, 3.05) is 0 Å². The van der Waals surface area contributed by atoms with Gasteiger partial charge in [-0.25, -0.2) is 29.9 Å². The number of pyridine rings is 2. The summed E-state index contributed by atoms with van der Waals surface area (Å²) in [6.07, 6.45) is 3.83. The molecule has 6 aromatic carbocycles. The minimum atomic E-state index is 0.521. The molecule has 286 valence electrons. The van der Waals surface area contributed by atoms with Crippen molar-refractivity contribution in [1.82, 2.24) is 39.9 Å². The van der Waals surface area contributed by atoms with E-state index in [2.05, 4.69) is 48.5 Å². The Balaban J connectivity index is 0.941. The molecule has 9 heteroatoms. The maximum absolute atomic E-state index is 4.93. The van der Waals surface area contributed by atoms with Crippen molar-refractivity contribution < 1.29 is 0 Å². The number of benzene rings is 6. The molecule has 0 aliphatic rings. The van der Waals surface area contributed by atoms with Gasteiger partial charge < -0.3 is 0 Å². The van der Waals surface area contributed by atoms with Crippen LogP contribution in [0.1, 0.15) is 0 Å². The van der Waals surface area contributed by atoms with Crippen molar-refractivity contribution in [2.45, 2.75) is 0 Å². The summed E-state index contributed by atoms with van der Waals surface area (Å²) in [5.41, 5.74) is 9.26. The first-order chi connectivity index (χ1) is 30.2. The molecule has 8 nitrogen and oxygen atoms in total. The van der Waals surface area contributed by atoms with Gasteiger partial charge in [0.15, 0.2) is 34.9 Å². The molecule has 0 unspecified atom stereocenters. The fourth-order valence-electron chi connectivity index (χ4n) is 7.49. The summed E-state index contributed by atoms with van der Waals surface area (Å²) in [6, 6.07) is 61.0. The van der Waals surface area contributed by atoms with Gasteiger partial charge in [-0.3, -0.25) is 9.97 Å². The predicted octanol–water partition coefficient (Wildman–Crippen LogP) is 12.6. The number of nitrogens with zero attached hydrogens (tertiary/aromatic N) is 8. The second-order valence-electron chi connectivity index (χ2n) is 14.4. The molecule has 0 aliphatic carbocycles. The number of aromatic nitrogens is 8. The highest BCUT2D eigenvalue weighted by molar-refractivity contribution is 7.26. The van der Waals surface area contributed by atoms with Crippen molar-refractivity contribution in [2.24, 2.45) is 0 Å². The Bertz CT molecular complexity index is 2980. The average Bonchev–Trinajstić information content (AvgIpc) is 3.74. The zero-order valence-electron chi connectivity index (χ0n) is 32.5. The molecular weight excluding hydrogens is 769 g/mol. The van der Waals surface area contributed by atoms with E-state index in [1.807, 2.05) is 146 Å². The van der Waals surface area contributed by atoms with Gasteiger partial charge in [0.05, 0.1) is 0 Å². The second kappa shape index (κ2) is 15.6. The molecule has 0 saturated heterocycles. The molecule has 0 saturated carbocycles. The fourth-order valence-corrected chi connectivity index (χ4v) is 8.86. The zero-order chi connectivity index (χ0) is 40.5. The maximum atomic E-state index is 4.93. The van der Waals surface area contributed by atoms with Crippen molar-refractivity contribution in [3.05, 3.63) is 194 Å². The number of hydrogen-bond donors (Lipinski definition) is 0. The highest BCUT2D eigenvalue weighted by Crippen LogP contribution is 2.44. The van der Waals surface area contributed by atoms with Gasteiger partial charge in [0.25, 0.3) is 0 Å². The van der Waals surface area contributed by atoms with Gasteiger partial charge in [0.2, 0.25) is 0 Å². The van der Waals surface area contributed by atoms with Crippen molar-refractivity contribution in [1.29, 1.82) is 0 Å². The van der Waals surface area contributed by atoms with E-state index in [4.69, 9.17) is 39.9 Å². The molecule has 5 heterocycles. The van der Waals surface area contributed by atoms with Crippen molar-refractivity contribution in [3.63, 3.8) is 0 Å². The molecular formula is C52H32N8S. The SMILES string of the molecule is c1ccc(-c2nc(-c3ccccc3)nc(-c3ccc(-c4cccc5c4sc4c(-c6ccc(-c7nc(-c8ccccc8)nc(-c8ccccc8)n7)nc6)cccc45)cn3)n2)cc1. The molecule has 61 heavy (non-hydrogen) atoms. The van der Waals surface area contributed by atoms with E-state index in [1.54, 1.807) is 11.3 Å². The number of fused-ring (bicyclic) bond motifs is 3. The summed E-state index contributed by atoms with van der Waals surface area (Å²) in [6.45, 7) is 0. The van der Waals surface area contributed by atoms with Gasteiger partial charge in [-0.05, 0) is 12.1 Å². The van der Waals surface area contributed by atoms with Gasteiger partial charge in [-0.2, -0.15) is 0 Å². The van der Waals surface area contributed by atoms with Crippen LogP contribution in [-0.2, 0) is 0 Å². The fraction of sp³-hybridized carbons (Fsp3) is 0. The summed E-state index contributed by atoms with van der Waals surface area (Å²) >= 11 is 1.78. The topological polar surface area (TPSA) is 103 Å². The third-order valence-corrected chi connectivity index (χ3v) is 11.8. The number of thiophene rings is 1. The lowest BCUT2D eigenvalue weighted by molar-refractivity contribution is 1.06. The second-order valence-corrected chi connectivity index (χ2v) is 15.4. The van der Waals surface area contributed by atoms with E-state index in [9.17, 15) is 0 Å². The molecule has 0 amide bonds. The van der Waals surface area contributed by atoms with E-state index in [1.165, 1.54) is 20.2 Å². The van der Waals surface area contributed by atoms with Gasteiger partial charge in [-0.15, -0.1) is 11.3 Å². The van der Waals surface area contributed by atoms with E-state index in [0.717, 1.165) is 44.5 Å². The highest BCUT2D eigenvalue weighted by Gasteiger charge is 2.18. The lowest BCUT2D eigenvalue weighted by atomic mass is 10.0. The molecule has 0 aliphatic heterocycles. The quantitative estimate of drug-likeness (QED) is 0.150. The summed E-state index contributed by atoms with van der Waals surface area (Å²) in [4.78, 5) is 39.0. The molecule has 0 atom stereocenters. The van der Waals surface area contributed by atoms with Crippen LogP contribution in [0.4, 0.5) is 0 Å². The Morgan fingerprint density at radius 1 is 0.262 bits per heavy atom. The van der Waals surface area contributed by atoms with Crippen molar-refractivity contribution >= 4 is 31.5 Å². The van der Waals surface area contributed by atoms with Crippen LogP contribution in [0.5, 0.6) is 0 Å². The van der Waals surface area contributed by atoms with Crippen LogP contribution in [0.15, 0.2) is 194 Å². The summed E-state index contributed by atoms with van der Waals surface area (Å²) in [5.74, 6) is 3.45. The minimum Gasteiger partial charge on any atom is -0.252 e. The molecule has 0 N–H and O–H groups in total. The summed E-state index contributed by atoms with van der Waals surface area (Å²) < 4.78 is 2.38. The zero-order valence-corrected chi connectivity index (χ0v) is 33.3. The third-order valence-electron chi connectivity index (χ3n) is 10.5. The van der Waals surface area contributed by atoms with Gasteiger partial charge in [0, 0.05) is 77.1 Å². The normalized spacial score (nSPS) is 11.3. The van der Waals surface area contributed by atoms with Crippen LogP contribution in [0.3, 0.4) is 0 Å². The smallest absolute Gasteiger partial charge is 0.182 e. The standard InChI is InChI=1S/C52H32N8S/c1-5-15-33(16-6-1)47-55-48(34-17-7-2-8-18-34)58-51(57-47)43-29-27-37(31-53-43)39-23-13-25-41-42-26-14-24-40(46(42)61-45(39)41)38-28-30-44(54-32-38)52-59-49(35-19-9-3-10-20-35)56-50(60-52)36-21-11-4-12-22-36/h1-32H. The Labute approximate surface area is 355 Å². The largest absolute Gasteiger partial charge is 0.252 e.